The fourth-order valence-electron chi connectivity index (χ4n) is 3.17. The summed E-state index contributed by atoms with van der Waals surface area (Å²) in [6.45, 7) is 8.40. The van der Waals surface area contributed by atoms with Gasteiger partial charge in [0.25, 0.3) is 0 Å². The van der Waals surface area contributed by atoms with Crippen LogP contribution in [0.4, 0.5) is 11.6 Å². The van der Waals surface area contributed by atoms with Gasteiger partial charge in [-0.25, -0.2) is 19.5 Å². The van der Waals surface area contributed by atoms with Crippen LogP contribution in [-0.2, 0) is 5.41 Å². The molecule has 25 heavy (non-hydrogen) atoms. The first-order valence-electron chi connectivity index (χ1n) is 8.63. The second kappa shape index (κ2) is 5.98. The summed E-state index contributed by atoms with van der Waals surface area (Å²) in [6.07, 6.45) is 8.11. The van der Waals surface area contributed by atoms with E-state index in [1.165, 1.54) is 0 Å². The molecule has 0 aromatic carbocycles. The van der Waals surface area contributed by atoms with Gasteiger partial charge >= 0.3 is 0 Å². The molecule has 0 amide bonds. The van der Waals surface area contributed by atoms with Crippen LogP contribution in [0.2, 0.25) is 0 Å². The maximum absolute atomic E-state index is 4.72. The molecule has 1 aliphatic heterocycles. The number of hydrogen-bond donors (Lipinski definition) is 1. The van der Waals surface area contributed by atoms with E-state index in [0.29, 0.717) is 6.04 Å². The monoisotopic (exact) mass is 337 g/mol. The topological polar surface area (TPSA) is 71.2 Å². The molecule has 7 nitrogen and oxygen atoms in total. The molecule has 3 aromatic heterocycles. The second-order valence-corrected chi connectivity index (χ2v) is 7.53. The van der Waals surface area contributed by atoms with E-state index in [1.807, 2.05) is 23.0 Å². The molecule has 7 heteroatoms. The zero-order valence-electron chi connectivity index (χ0n) is 14.8. The van der Waals surface area contributed by atoms with E-state index in [1.54, 1.807) is 12.5 Å². The van der Waals surface area contributed by atoms with Gasteiger partial charge in [0, 0.05) is 43.1 Å². The van der Waals surface area contributed by atoms with E-state index in [0.717, 1.165) is 42.4 Å². The quantitative estimate of drug-likeness (QED) is 0.792. The van der Waals surface area contributed by atoms with Gasteiger partial charge in [-0.15, -0.1) is 0 Å². The van der Waals surface area contributed by atoms with Crippen LogP contribution in [0.5, 0.6) is 0 Å². The van der Waals surface area contributed by atoms with Gasteiger partial charge in [-0.3, -0.25) is 0 Å². The Balaban J connectivity index is 1.57. The first kappa shape index (κ1) is 15.8. The van der Waals surface area contributed by atoms with Gasteiger partial charge in [-0.2, -0.15) is 5.10 Å². The number of nitrogens with one attached hydrogen (secondary N) is 1. The fourth-order valence-corrected chi connectivity index (χ4v) is 3.17. The molecular formula is C18H23N7. The molecule has 1 atom stereocenters. The van der Waals surface area contributed by atoms with Crippen LogP contribution < -0.4 is 10.2 Å². The summed E-state index contributed by atoms with van der Waals surface area (Å²) >= 11 is 0. The predicted octanol–water partition coefficient (Wildman–Crippen LogP) is 2.51. The SMILES string of the molecule is CC(C)(C)c1cc2c(N3CCC(Nc4ccncn4)C3)nccn2n1. The van der Waals surface area contributed by atoms with Crippen LogP contribution in [0, 0.1) is 0 Å². The highest BCUT2D eigenvalue weighted by Gasteiger charge is 2.26. The Morgan fingerprint density at radius 3 is 2.84 bits per heavy atom. The van der Waals surface area contributed by atoms with Crippen molar-refractivity contribution in [2.75, 3.05) is 23.3 Å². The first-order valence-corrected chi connectivity index (χ1v) is 8.63. The van der Waals surface area contributed by atoms with Gasteiger partial charge in [-0.1, -0.05) is 20.8 Å². The van der Waals surface area contributed by atoms with E-state index < -0.39 is 0 Å². The molecule has 4 heterocycles. The van der Waals surface area contributed by atoms with Crippen molar-refractivity contribution in [1.82, 2.24) is 24.6 Å². The summed E-state index contributed by atoms with van der Waals surface area (Å²) in [7, 11) is 0. The minimum absolute atomic E-state index is 0.0193. The third-order valence-electron chi connectivity index (χ3n) is 4.56. The van der Waals surface area contributed by atoms with Crippen molar-refractivity contribution in [3.05, 3.63) is 42.7 Å². The smallest absolute Gasteiger partial charge is 0.154 e. The number of hydrogen-bond acceptors (Lipinski definition) is 6. The van der Waals surface area contributed by atoms with E-state index in [9.17, 15) is 0 Å². The molecule has 1 N–H and O–H groups in total. The Kier molecular flexibility index (Phi) is 3.78. The molecule has 0 aliphatic carbocycles. The van der Waals surface area contributed by atoms with Crippen LogP contribution in [0.1, 0.15) is 32.9 Å². The number of aromatic nitrogens is 5. The van der Waals surface area contributed by atoms with E-state index in [-0.39, 0.29) is 5.41 Å². The van der Waals surface area contributed by atoms with Crippen LogP contribution in [0.25, 0.3) is 5.52 Å². The highest BCUT2D eigenvalue weighted by molar-refractivity contribution is 5.70. The third kappa shape index (κ3) is 3.14. The lowest BCUT2D eigenvalue weighted by Gasteiger charge is -2.18. The largest absolute Gasteiger partial charge is 0.365 e. The molecule has 0 bridgehead atoms. The lowest BCUT2D eigenvalue weighted by molar-refractivity contribution is 0.562. The Hall–Kier alpha value is -2.70. The van der Waals surface area contributed by atoms with E-state index >= 15 is 0 Å². The number of rotatable bonds is 3. The number of nitrogens with zero attached hydrogens (tertiary/aromatic N) is 6. The van der Waals surface area contributed by atoms with E-state index in [2.05, 4.69) is 52.0 Å². The van der Waals surface area contributed by atoms with Crippen molar-refractivity contribution in [2.24, 2.45) is 0 Å². The lowest BCUT2D eigenvalue weighted by atomic mass is 9.92. The van der Waals surface area contributed by atoms with Crippen LogP contribution in [0.3, 0.4) is 0 Å². The molecule has 1 saturated heterocycles. The Morgan fingerprint density at radius 1 is 1.20 bits per heavy atom. The molecule has 1 fully saturated rings. The second-order valence-electron chi connectivity index (χ2n) is 7.53. The zero-order chi connectivity index (χ0) is 17.4. The van der Waals surface area contributed by atoms with Gasteiger partial charge in [0.2, 0.25) is 0 Å². The highest BCUT2D eigenvalue weighted by atomic mass is 15.3. The van der Waals surface area contributed by atoms with Gasteiger partial charge < -0.3 is 10.2 Å². The average Bonchev–Trinajstić information content (AvgIpc) is 3.21. The van der Waals surface area contributed by atoms with E-state index in [4.69, 9.17) is 5.10 Å². The van der Waals surface area contributed by atoms with Gasteiger partial charge in [0.1, 0.15) is 17.7 Å². The molecule has 0 radical (unpaired) electrons. The van der Waals surface area contributed by atoms with Crippen LogP contribution >= 0.6 is 0 Å². The number of fused-ring (bicyclic) bond motifs is 1. The van der Waals surface area contributed by atoms with Gasteiger partial charge in [0.15, 0.2) is 5.82 Å². The lowest BCUT2D eigenvalue weighted by Crippen LogP contribution is -2.27. The maximum atomic E-state index is 4.72. The maximum Gasteiger partial charge on any atom is 0.154 e. The standard InChI is InChI=1S/C18H23N7/c1-18(2,3)15-10-14-17(20-7-9-25(14)23-15)24-8-5-13(11-24)22-16-4-6-19-12-21-16/h4,6-7,9-10,12-13H,5,8,11H2,1-3H3,(H,19,21,22). The molecule has 0 spiro atoms. The van der Waals surface area contributed by atoms with Crippen molar-refractivity contribution >= 4 is 17.2 Å². The molecule has 1 unspecified atom stereocenters. The van der Waals surface area contributed by atoms with Crippen molar-refractivity contribution in [2.45, 2.75) is 38.6 Å². The average molecular weight is 337 g/mol. The molecule has 130 valence electrons. The predicted molar refractivity (Wildman–Crippen MR) is 98.0 cm³/mol. The third-order valence-corrected chi connectivity index (χ3v) is 4.56. The normalized spacial score (nSPS) is 18.0. The Morgan fingerprint density at radius 2 is 2.08 bits per heavy atom. The summed E-state index contributed by atoms with van der Waals surface area (Å²) in [4.78, 5) is 15.2. The molecular weight excluding hydrogens is 314 g/mol. The molecule has 3 aromatic rings. The Labute approximate surface area is 147 Å². The number of anilines is 2. The summed E-state index contributed by atoms with van der Waals surface area (Å²) < 4.78 is 1.94. The molecule has 0 saturated carbocycles. The molecule has 1 aliphatic rings. The minimum Gasteiger partial charge on any atom is -0.365 e. The van der Waals surface area contributed by atoms with Gasteiger partial charge in [0.05, 0.1) is 5.69 Å². The first-order chi connectivity index (χ1) is 12.0. The van der Waals surface area contributed by atoms with Crippen molar-refractivity contribution < 1.29 is 0 Å². The van der Waals surface area contributed by atoms with Crippen molar-refractivity contribution in [1.29, 1.82) is 0 Å². The van der Waals surface area contributed by atoms with Crippen molar-refractivity contribution in [3.63, 3.8) is 0 Å². The summed E-state index contributed by atoms with van der Waals surface area (Å²) in [5.41, 5.74) is 2.16. The zero-order valence-corrected chi connectivity index (χ0v) is 14.8. The minimum atomic E-state index is 0.0193. The van der Waals surface area contributed by atoms with Crippen molar-refractivity contribution in [3.8, 4) is 0 Å². The summed E-state index contributed by atoms with van der Waals surface area (Å²) in [6, 6.07) is 4.41. The summed E-state index contributed by atoms with van der Waals surface area (Å²) in [5.74, 6) is 1.87. The highest BCUT2D eigenvalue weighted by Crippen LogP contribution is 2.28. The van der Waals surface area contributed by atoms with Crippen LogP contribution in [0.15, 0.2) is 37.1 Å². The molecule has 4 rings (SSSR count). The fraction of sp³-hybridized carbons (Fsp3) is 0.444. The Bertz CT molecular complexity index is 866. The van der Waals surface area contributed by atoms with Crippen LogP contribution in [-0.4, -0.2) is 43.7 Å². The van der Waals surface area contributed by atoms with Gasteiger partial charge in [-0.05, 0) is 18.6 Å². The summed E-state index contributed by atoms with van der Waals surface area (Å²) in [5, 5.41) is 8.20.